The number of benzene rings is 1. The zero-order valence-corrected chi connectivity index (χ0v) is 10.7. The highest BCUT2D eigenvalue weighted by molar-refractivity contribution is 6.34. The quantitative estimate of drug-likeness (QED) is 0.890. The van der Waals surface area contributed by atoms with Crippen molar-refractivity contribution >= 4 is 23.2 Å². The van der Waals surface area contributed by atoms with Crippen LogP contribution in [0.2, 0.25) is 5.02 Å². The smallest absolute Gasteiger partial charge is 0.250 e. The number of nitrogens with one attached hydrogen (secondary N) is 1. The van der Waals surface area contributed by atoms with Crippen molar-refractivity contribution in [3.63, 3.8) is 0 Å². The fraction of sp³-hybridized carbons (Fsp3) is 0.154. The predicted molar refractivity (Wildman–Crippen MR) is 72.7 cm³/mol. The SMILES string of the molecule is Cn1ccc(CNc2ccc(C(N)=O)c(Cl)c2)c1. The van der Waals surface area contributed by atoms with Crippen molar-refractivity contribution in [1.82, 2.24) is 4.57 Å². The lowest BCUT2D eigenvalue weighted by Crippen LogP contribution is -2.11. The first-order chi connectivity index (χ1) is 8.56. The first-order valence-corrected chi connectivity index (χ1v) is 5.88. The van der Waals surface area contributed by atoms with Crippen molar-refractivity contribution in [1.29, 1.82) is 0 Å². The summed E-state index contributed by atoms with van der Waals surface area (Å²) >= 11 is 5.97. The van der Waals surface area contributed by atoms with E-state index >= 15 is 0 Å². The minimum atomic E-state index is -0.519. The molecule has 2 aromatic rings. The number of nitrogens with zero attached hydrogens (tertiary/aromatic N) is 1. The molecule has 0 aliphatic heterocycles. The van der Waals surface area contributed by atoms with Gasteiger partial charge in [-0.25, -0.2) is 0 Å². The van der Waals surface area contributed by atoms with Crippen LogP contribution in [0.15, 0.2) is 36.7 Å². The van der Waals surface area contributed by atoms with E-state index in [-0.39, 0.29) is 0 Å². The van der Waals surface area contributed by atoms with Gasteiger partial charge >= 0.3 is 0 Å². The maximum Gasteiger partial charge on any atom is 0.250 e. The molecule has 18 heavy (non-hydrogen) atoms. The number of anilines is 1. The maximum atomic E-state index is 11.0. The van der Waals surface area contributed by atoms with Crippen LogP contribution >= 0.6 is 11.6 Å². The second kappa shape index (κ2) is 5.14. The van der Waals surface area contributed by atoms with Gasteiger partial charge in [0.1, 0.15) is 0 Å². The summed E-state index contributed by atoms with van der Waals surface area (Å²) in [7, 11) is 1.97. The Morgan fingerprint density at radius 1 is 1.44 bits per heavy atom. The number of aromatic nitrogens is 1. The van der Waals surface area contributed by atoms with Gasteiger partial charge in [0, 0.05) is 31.7 Å². The van der Waals surface area contributed by atoms with Crippen molar-refractivity contribution in [2.45, 2.75) is 6.54 Å². The summed E-state index contributed by atoms with van der Waals surface area (Å²) in [5, 5.41) is 3.59. The number of hydrogen-bond acceptors (Lipinski definition) is 2. The molecule has 0 atom stereocenters. The van der Waals surface area contributed by atoms with Crippen molar-refractivity contribution in [2.75, 3.05) is 5.32 Å². The Balaban J connectivity index is 2.06. The van der Waals surface area contributed by atoms with Crippen molar-refractivity contribution in [3.05, 3.63) is 52.8 Å². The lowest BCUT2D eigenvalue weighted by Gasteiger charge is -2.07. The van der Waals surface area contributed by atoms with E-state index in [0.29, 0.717) is 17.1 Å². The summed E-state index contributed by atoms with van der Waals surface area (Å²) < 4.78 is 1.99. The minimum absolute atomic E-state index is 0.335. The summed E-state index contributed by atoms with van der Waals surface area (Å²) in [6.45, 7) is 0.701. The lowest BCUT2D eigenvalue weighted by atomic mass is 10.2. The third-order valence-electron chi connectivity index (χ3n) is 2.62. The highest BCUT2D eigenvalue weighted by atomic mass is 35.5. The first kappa shape index (κ1) is 12.5. The number of nitrogens with two attached hydrogens (primary N) is 1. The molecular formula is C13H14ClN3O. The largest absolute Gasteiger partial charge is 0.381 e. The van der Waals surface area contributed by atoms with E-state index < -0.39 is 5.91 Å². The van der Waals surface area contributed by atoms with Gasteiger partial charge < -0.3 is 15.6 Å². The first-order valence-electron chi connectivity index (χ1n) is 5.50. The fourth-order valence-electron chi connectivity index (χ4n) is 1.69. The monoisotopic (exact) mass is 263 g/mol. The molecule has 1 aromatic carbocycles. The molecular weight excluding hydrogens is 250 g/mol. The molecule has 0 aliphatic rings. The normalized spacial score (nSPS) is 10.3. The fourth-order valence-corrected chi connectivity index (χ4v) is 1.97. The summed E-state index contributed by atoms with van der Waals surface area (Å²) in [5.41, 5.74) is 7.55. The van der Waals surface area contributed by atoms with Gasteiger partial charge in [0.2, 0.25) is 5.91 Å². The van der Waals surface area contributed by atoms with E-state index in [0.717, 1.165) is 5.69 Å². The van der Waals surface area contributed by atoms with Crippen LogP contribution in [0.3, 0.4) is 0 Å². The number of amides is 1. The average molecular weight is 264 g/mol. The lowest BCUT2D eigenvalue weighted by molar-refractivity contribution is 0.100. The summed E-state index contributed by atoms with van der Waals surface area (Å²) in [6.07, 6.45) is 4.02. The standard InChI is InChI=1S/C13H14ClN3O/c1-17-5-4-9(8-17)7-16-10-2-3-11(13(15)18)12(14)6-10/h2-6,8,16H,7H2,1H3,(H2,15,18). The van der Waals surface area contributed by atoms with Crippen LogP contribution in [0, 0.1) is 0 Å². The summed E-state index contributed by atoms with van der Waals surface area (Å²) in [6, 6.07) is 7.14. The second-order valence-electron chi connectivity index (χ2n) is 4.10. The number of rotatable bonds is 4. The molecule has 0 radical (unpaired) electrons. The molecule has 0 aliphatic carbocycles. The Morgan fingerprint density at radius 2 is 2.22 bits per heavy atom. The van der Waals surface area contributed by atoms with Crippen molar-refractivity contribution in [3.8, 4) is 0 Å². The predicted octanol–water partition coefficient (Wildman–Crippen LogP) is 2.39. The van der Waals surface area contributed by atoms with Gasteiger partial charge in [-0.05, 0) is 29.8 Å². The molecule has 4 nitrogen and oxygen atoms in total. The minimum Gasteiger partial charge on any atom is -0.381 e. The molecule has 2 rings (SSSR count). The summed E-state index contributed by atoms with van der Waals surface area (Å²) in [4.78, 5) is 11.0. The van der Waals surface area contributed by atoms with E-state index in [9.17, 15) is 4.79 Å². The molecule has 1 heterocycles. The molecule has 1 aromatic heterocycles. The molecule has 0 spiro atoms. The van der Waals surface area contributed by atoms with Crippen LogP contribution in [-0.2, 0) is 13.6 Å². The van der Waals surface area contributed by atoms with Crippen LogP contribution < -0.4 is 11.1 Å². The number of halogens is 1. The Kier molecular flexibility index (Phi) is 3.58. The molecule has 0 bridgehead atoms. The Morgan fingerprint density at radius 3 is 2.78 bits per heavy atom. The van der Waals surface area contributed by atoms with E-state index in [1.807, 2.05) is 30.1 Å². The molecule has 3 N–H and O–H groups in total. The van der Waals surface area contributed by atoms with E-state index in [1.54, 1.807) is 18.2 Å². The molecule has 0 unspecified atom stereocenters. The maximum absolute atomic E-state index is 11.0. The third-order valence-corrected chi connectivity index (χ3v) is 2.94. The highest BCUT2D eigenvalue weighted by Crippen LogP contribution is 2.21. The van der Waals surface area contributed by atoms with Gasteiger partial charge in [0.25, 0.3) is 0 Å². The zero-order chi connectivity index (χ0) is 13.1. The van der Waals surface area contributed by atoms with Gasteiger partial charge in [-0.15, -0.1) is 0 Å². The van der Waals surface area contributed by atoms with Gasteiger partial charge in [-0.2, -0.15) is 0 Å². The Labute approximate surface area is 110 Å². The van der Waals surface area contributed by atoms with Crippen LogP contribution in [0.25, 0.3) is 0 Å². The molecule has 0 saturated carbocycles. The topological polar surface area (TPSA) is 60.1 Å². The molecule has 94 valence electrons. The number of carbonyl (C=O) groups excluding carboxylic acids is 1. The summed E-state index contributed by atoms with van der Waals surface area (Å²) in [5.74, 6) is -0.519. The Bertz CT molecular complexity index is 577. The zero-order valence-electron chi connectivity index (χ0n) is 9.98. The molecule has 0 saturated heterocycles. The molecule has 1 amide bonds. The number of carbonyl (C=O) groups is 1. The van der Waals surface area contributed by atoms with Gasteiger partial charge in [-0.3, -0.25) is 4.79 Å². The van der Waals surface area contributed by atoms with Gasteiger partial charge in [0.05, 0.1) is 10.6 Å². The van der Waals surface area contributed by atoms with Gasteiger partial charge in [0.15, 0.2) is 0 Å². The van der Waals surface area contributed by atoms with Crippen LogP contribution in [-0.4, -0.2) is 10.5 Å². The van der Waals surface area contributed by atoms with Crippen molar-refractivity contribution < 1.29 is 4.79 Å². The number of primary amides is 1. The Hall–Kier alpha value is -1.94. The van der Waals surface area contributed by atoms with E-state index in [2.05, 4.69) is 5.32 Å². The second-order valence-corrected chi connectivity index (χ2v) is 4.50. The number of hydrogen-bond donors (Lipinski definition) is 2. The van der Waals surface area contributed by atoms with E-state index in [4.69, 9.17) is 17.3 Å². The van der Waals surface area contributed by atoms with Crippen molar-refractivity contribution in [2.24, 2.45) is 12.8 Å². The van der Waals surface area contributed by atoms with Crippen LogP contribution in [0.1, 0.15) is 15.9 Å². The highest BCUT2D eigenvalue weighted by Gasteiger charge is 2.06. The molecule has 5 heteroatoms. The number of aryl methyl sites for hydroxylation is 1. The van der Waals surface area contributed by atoms with Gasteiger partial charge in [-0.1, -0.05) is 11.6 Å². The molecule has 0 fully saturated rings. The van der Waals surface area contributed by atoms with Crippen LogP contribution in [0.4, 0.5) is 5.69 Å². The third kappa shape index (κ3) is 2.84. The van der Waals surface area contributed by atoms with E-state index in [1.165, 1.54) is 5.56 Å². The van der Waals surface area contributed by atoms with Crippen LogP contribution in [0.5, 0.6) is 0 Å². The average Bonchev–Trinajstić information content (AvgIpc) is 2.72.